The van der Waals surface area contributed by atoms with E-state index in [9.17, 15) is 0 Å². The smallest absolute Gasteiger partial charge is 0.142 e. The summed E-state index contributed by atoms with van der Waals surface area (Å²) < 4.78 is 0.928. The largest absolute Gasteiger partial charge is 0.357 e. The van der Waals surface area contributed by atoms with E-state index in [2.05, 4.69) is 39.5 Å². The highest BCUT2D eigenvalue weighted by Gasteiger charge is 2.20. The number of fused-ring (bicyclic) bond motifs is 1. The third kappa shape index (κ3) is 3.06. The van der Waals surface area contributed by atoms with Crippen molar-refractivity contribution >= 4 is 49.9 Å². The molecular weight excluding hydrogens is 354 g/mol. The Morgan fingerprint density at radius 1 is 1.17 bits per heavy atom. The quantitative estimate of drug-likeness (QED) is 0.353. The van der Waals surface area contributed by atoms with Gasteiger partial charge in [0.05, 0.1) is 5.39 Å². The number of thiocarbonyl (C=S) groups is 1. The van der Waals surface area contributed by atoms with Gasteiger partial charge in [0, 0.05) is 24.0 Å². The average molecular weight is 372 g/mol. The van der Waals surface area contributed by atoms with Gasteiger partial charge in [-0.15, -0.1) is 11.3 Å². The Balaban J connectivity index is 1.78. The lowest BCUT2D eigenvalue weighted by Crippen LogP contribution is -2.23. The molecule has 0 aliphatic carbocycles. The van der Waals surface area contributed by atoms with Gasteiger partial charge in [-0.25, -0.2) is 9.97 Å². The molecule has 0 spiro atoms. The van der Waals surface area contributed by atoms with E-state index in [-0.39, 0.29) is 0 Å². The van der Waals surface area contributed by atoms with Crippen LogP contribution in [0, 0.1) is 6.92 Å². The molecule has 0 saturated carbocycles. The van der Waals surface area contributed by atoms with Crippen LogP contribution in [0.2, 0.25) is 0 Å². The van der Waals surface area contributed by atoms with Crippen LogP contribution < -0.4 is 0 Å². The third-order valence-corrected chi connectivity index (χ3v) is 6.45. The molecule has 3 nitrogen and oxygen atoms in total. The Hall–Kier alpha value is -1.50. The second kappa shape index (κ2) is 6.78. The molecule has 1 fully saturated rings. The second-order valence-electron chi connectivity index (χ2n) is 5.83. The molecule has 1 saturated heterocycles. The summed E-state index contributed by atoms with van der Waals surface area (Å²) in [4.78, 5) is 12.7. The number of aryl methyl sites for hydroxylation is 1. The Morgan fingerprint density at radius 3 is 2.67 bits per heavy atom. The van der Waals surface area contributed by atoms with Crippen LogP contribution in [0.15, 0.2) is 40.7 Å². The molecule has 0 bridgehead atoms. The van der Waals surface area contributed by atoms with E-state index in [1.54, 1.807) is 23.1 Å². The number of nitrogens with zero attached hydrogens (tertiary/aromatic N) is 3. The summed E-state index contributed by atoms with van der Waals surface area (Å²) in [5.74, 6) is 0.802. The monoisotopic (exact) mass is 371 g/mol. The van der Waals surface area contributed by atoms with Crippen molar-refractivity contribution in [3.05, 3.63) is 41.5 Å². The van der Waals surface area contributed by atoms with Gasteiger partial charge in [0.2, 0.25) is 0 Å². The molecule has 2 aromatic heterocycles. The number of likely N-dealkylation sites (tertiary alicyclic amines) is 1. The van der Waals surface area contributed by atoms with Crippen LogP contribution in [-0.2, 0) is 0 Å². The van der Waals surface area contributed by atoms with Crippen LogP contribution >= 0.6 is 35.3 Å². The van der Waals surface area contributed by atoms with Gasteiger partial charge in [0.25, 0.3) is 0 Å². The maximum atomic E-state index is 5.67. The van der Waals surface area contributed by atoms with Crippen molar-refractivity contribution in [3.8, 4) is 11.1 Å². The molecule has 1 aliphatic heterocycles. The van der Waals surface area contributed by atoms with E-state index in [4.69, 9.17) is 17.2 Å². The van der Waals surface area contributed by atoms with Crippen molar-refractivity contribution in [1.29, 1.82) is 0 Å². The van der Waals surface area contributed by atoms with Crippen LogP contribution in [0.5, 0.6) is 0 Å². The van der Waals surface area contributed by atoms with Crippen LogP contribution in [0.4, 0.5) is 0 Å². The maximum absolute atomic E-state index is 5.67. The summed E-state index contributed by atoms with van der Waals surface area (Å²) in [5.41, 5.74) is 2.40. The lowest BCUT2D eigenvalue weighted by atomic mass is 10.1. The van der Waals surface area contributed by atoms with E-state index >= 15 is 0 Å². The molecule has 0 radical (unpaired) electrons. The van der Waals surface area contributed by atoms with E-state index in [0.29, 0.717) is 0 Å². The molecule has 24 heavy (non-hydrogen) atoms. The first-order chi connectivity index (χ1) is 11.7. The van der Waals surface area contributed by atoms with Crippen molar-refractivity contribution in [2.45, 2.75) is 24.8 Å². The number of hydrogen-bond donors (Lipinski definition) is 0. The number of hydrogen-bond acceptors (Lipinski definition) is 5. The van der Waals surface area contributed by atoms with Gasteiger partial charge < -0.3 is 4.90 Å². The van der Waals surface area contributed by atoms with Crippen molar-refractivity contribution < 1.29 is 0 Å². The first-order valence-electron chi connectivity index (χ1n) is 8.00. The Bertz CT molecular complexity index is 883. The van der Waals surface area contributed by atoms with Crippen molar-refractivity contribution in [2.75, 3.05) is 13.1 Å². The van der Waals surface area contributed by atoms with Gasteiger partial charge in [-0.1, -0.05) is 42.5 Å². The van der Waals surface area contributed by atoms with E-state index < -0.39 is 0 Å². The fraction of sp³-hybridized carbons (Fsp3) is 0.278. The maximum Gasteiger partial charge on any atom is 0.142 e. The summed E-state index contributed by atoms with van der Waals surface area (Å²) in [6, 6.07) is 10.4. The topological polar surface area (TPSA) is 29.0 Å². The number of aromatic nitrogens is 2. The second-order valence-corrected chi connectivity index (χ2v) is 8.31. The summed E-state index contributed by atoms with van der Waals surface area (Å²) >= 11 is 8.95. The van der Waals surface area contributed by atoms with Crippen molar-refractivity contribution in [3.63, 3.8) is 0 Å². The molecule has 3 aromatic rings. The minimum atomic E-state index is 0.802. The minimum absolute atomic E-state index is 0.802. The number of thioether (sulfide) groups is 1. The average Bonchev–Trinajstić information content (AvgIpc) is 3.25. The Morgan fingerprint density at radius 2 is 1.92 bits per heavy atom. The van der Waals surface area contributed by atoms with Gasteiger partial charge >= 0.3 is 0 Å². The summed E-state index contributed by atoms with van der Waals surface area (Å²) in [5, 5.41) is 4.29. The van der Waals surface area contributed by atoms with Crippen LogP contribution in [0.25, 0.3) is 21.3 Å². The molecule has 1 aromatic carbocycles. The highest BCUT2D eigenvalue weighted by molar-refractivity contribution is 8.23. The van der Waals surface area contributed by atoms with Crippen molar-refractivity contribution in [2.24, 2.45) is 0 Å². The molecule has 6 heteroatoms. The number of thiophene rings is 1. The zero-order valence-electron chi connectivity index (χ0n) is 13.4. The van der Waals surface area contributed by atoms with Crippen LogP contribution in [-0.4, -0.2) is 32.3 Å². The molecule has 122 valence electrons. The van der Waals surface area contributed by atoms with E-state index in [1.807, 2.05) is 13.0 Å². The minimum Gasteiger partial charge on any atom is -0.357 e. The summed E-state index contributed by atoms with van der Waals surface area (Å²) in [7, 11) is 0. The number of benzene rings is 1. The lowest BCUT2D eigenvalue weighted by molar-refractivity contribution is 0.539. The fourth-order valence-corrected chi connectivity index (χ4v) is 5.40. The summed E-state index contributed by atoms with van der Waals surface area (Å²) in [6.45, 7) is 4.08. The predicted octanol–water partition coefficient (Wildman–Crippen LogP) is 5.14. The van der Waals surface area contributed by atoms with Gasteiger partial charge in [-0.05, 0) is 37.1 Å². The zero-order valence-corrected chi connectivity index (χ0v) is 15.8. The predicted molar refractivity (Wildman–Crippen MR) is 107 cm³/mol. The molecule has 1 aliphatic rings. The Kier molecular flexibility index (Phi) is 4.52. The number of rotatable bonds is 2. The standard InChI is InChI=1S/C18H17N3S3/c1-12-19-16-15(14(11-23-16)13-7-3-2-4-8-13)17(20-12)24-18(22)21-9-5-6-10-21/h2-4,7-8,11H,5-6,9-10H2,1H3. The molecular formula is C18H17N3S3. The first-order valence-corrected chi connectivity index (χ1v) is 10.1. The van der Waals surface area contributed by atoms with Crippen molar-refractivity contribution in [1.82, 2.24) is 14.9 Å². The zero-order chi connectivity index (χ0) is 16.5. The van der Waals surface area contributed by atoms with Crippen LogP contribution in [0.3, 0.4) is 0 Å². The van der Waals surface area contributed by atoms with Gasteiger partial charge in [-0.3, -0.25) is 0 Å². The summed E-state index contributed by atoms with van der Waals surface area (Å²) in [6.07, 6.45) is 2.46. The van der Waals surface area contributed by atoms with E-state index in [1.165, 1.54) is 24.0 Å². The highest BCUT2D eigenvalue weighted by atomic mass is 32.2. The highest BCUT2D eigenvalue weighted by Crippen LogP contribution is 2.39. The molecule has 0 unspecified atom stereocenters. The first kappa shape index (κ1) is 16.0. The van der Waals surface area contributed by atoms with Gasteiger partial charge in [0.1, 0.15) is 20.0 Å². The van der Waals surface area contributed by atoms with Crippen LogP contribution in [0.1, 0.15) is 18.7 Å². The van der Waals surface area contributed by atoms with E-state index in [0.717, 1.165) is 38.5 Å². The molecule has 0 amide bonds. The molecule has 3 heterocycles. The lowest BCUT2D eigenvalue weighted by Gasteiger charge is -2.17. The molecule has 0 N–H and O–H groups in total. The van der Waals surface area contributed by atoms with Gasteiger partial charge in [0.15, 0.2) is 0 Å². The SMILES string of the molecule is Cc1nc(SC(=S)N2CCCC2)c2c(-c3ccccc3)csc2n1. The van der Waals surface area contributed by atoms with Gasteiger partial charge in [-0.2, -0.15) is 0 Å². The third-order valence-electron chi connectivity index (χ3n) is 4.15. The fourth-order valence-electron chi connectivity index (χ4n) is 2.96. The normalized spacial score (nSPS) is 14.5. The molecule has 4 rings (SSSR count). The molecule has 0 atom stereocenters. The Labute approximate surface area is 155 Å².